The van der Waals surface area contributed by atoms with Crippen LogP contribution in [-0.4, -0.2) is 22.5 Å². The Balaban J connectivity index is 2.51. The number of benzene rings is 1. The van der Waals surface area contributed by atoms with E-state index in [9.17, 15) is 14.7 Å². The summed E-state index contributed by atoms with van der Waals surface area (Å²) in [6, 6.07) is 6.78. The molecule has 0 aliphatic carbocycles. The summed E-state index contributed by atoms with van der Waals surface area (Å²) in [5, 5.41) is 9.46. The molecule has 1 fully saturated rings. The van der Waals surface area contributed by atoms with E-state index in [2.05, 4.69) is 0 Å². The number of anilines is 2. The number of hydrogen-bond donors (Lipinski definition) is 2. The monoisotopic (exact) mass is 248 g/mol. The molecule has 96 valence electrons. The van der Waals surface area contributed by atoms with Gasteiger partial charge in [-0.3, -0.25) is 9.69 Å². The number of amides is 1. The number of nitrogen functional groups attached to an aromatic ring is 1. The molecule has 0 unspecified atom stereocenters. The zero-order chi connectivity index (χ0) is 13.3. The van der Waals surface area contributed by atoms with Crippen LogP contribution in [-0.2, 0) is 9.59 Å². The van der Waals surface area contributed by atoms with Gasteiger partial charge in [-0.2, -0.15) is 0 Å². The second kappa shape index (κ2) is 4.33. The van der Waals surface area contributed by atoms with Crippen molar-refractivity contribution >= 4 is 23.3 Å². The average Bonchev–Trinajstić information content (AvgIpc) is 2.67. The van der Waals surface area contributed by atoms with Crippen LogP contribution in [0.4, 0.5) is 11.4 Å². The first-order valence-corrected chi connectivity index (χ1v) is 5.93. The van der Waals surface area contributed by atoms with Gasteiger partial charge in [0.1, 0.15) is 5.54 Å². The van der Waals surface area contributed by atoms with Crippen molar-refractivity contribution in [1.82, 2.24) is 0 Å². The average molecular weight is 248 g/mol. The highest BCUT2D eigenvalue weighted by Gasteiger charge is 2.50. The maximum atomic E-state index is 12.0. The lowest BCUT2D eigenvalue weighted by atomic mass is 9.92. The summed E-state index contributed by atoms with van der Waals surface area (Å²) in [5.74, 6) is -1.12. The van der Waals surface area contributed by atoms with Gasteiger partial charge in [-0.05, 0) is 31.0 Å². The lowest BCUT2D eigenvalue weighted by Gasteiger charge is -2.34. The van der Waals surface area contributed by atoms with Crippen LogP contribution in [0.2, 0.25) is 0 Å². The number of carbonyl (C=O) groups excluding carboxylic acids is 1. The van der Waals surface area contributed by atoms with Gasteiger partial charge < -0.3 is 10.8 Å². The van der Waals surface area contributed by atoms with Crippen LogP contribution >= 0.6 is 0 Å². The summed E-state index contributed by atoms with van der Waals surface area (Å²) >= 11 is 0. The largest absolute Gasteiger partial charge is 0.479 e. The number of carboxylic acid groups (broad SMARTS) is 1. The minimum atomic E-state index is -1.13. The molecule has 0 radical (unpaired) electrons. The van der Waals surface area contributed by atoms with Crippen LogP contribution < -0.4 is 10.6 Å². The van der Waals surface area contributed by atoms with E-state index >= 15 is 0 Å². The Labute approximate surface area is 105 Å². The SMILES string of the molecule is CC[C@@]1(C(=O)O)CCC(=O)N1c1cccc(N)c1. The molecule has 18 heavy (non-hydrogen) atoms. The number of aliphatic carboxylic acids is 1. The minimum absolute atomic E-state index is 0.162. The van der Waals surface area contributed by atoms with Gasteiger partial charge in [0.2, 0.25) is 5.91 Å². The fourth-order valence-corrected chi connectivity index (χ4v) is 2.52. The lowest BCUT2D eigenvalue weighted by Crippen LogP contribution is -2.51. The van der Waals surface area contributed by atoms with Crippen molar-refractivity contribution in [2.24, 2.45) is 0 Å². The fourth-order valence-electron chi connectivity index (χ4n) is 2.52. The van der Waals surface area contributed by atoms with Crippen molar-refractivity contribution in [2.45, 2.75) is 31.7 Å². The van der Waals surface area contributed by atoms with Crippen molar-refractivity contribution in [3.05, 3.63) is 24.3 Å². The summed E-state index contributed by atoms with van der Waals surface area (Å²) in [6.07, 6.45) is 0.976. The Kier molecular flexibility index (Phi) is 2.98. The molecule has 5 heteroatoms. The van der Waals surface area contributed by atoms with Crippen molar-refractivity contribution in [3.63, 3.8) is 0 Å². The van der Waals surface area contributed by atoms with Crippen LogP contribution in [0.5, 0.6) is 0 Å². The van der Waals surface area contributed by atoms with Gasteiger partial charge in [0, 0.05) is 17.8 Å². The van der Waals surface area contributed by atoms with E-state index in [-0.39, 0.29) is 12.3 Å². The molecule has 1 atom stereocenters. The quantitative estimate of drug-likeness (QED) is 0.796. The first kappa shape index (κ1) is 12.4. The summed E-state index contributed by atoms with van der Waals surface area (Å²) in [6.45, 7) is 1.78. The molecule has 0 spiro atoms. The van der Waals surface area contributed by atoms with E-state index in [0.717, 1.165) is 0 Å². The Bertz CT molecular complexity index is 501. The van der Waals surface area contributed by atoms with E-state index in [0.29, 0.717) is 24.2 Å². The van der Waals surface area contributed by atoms with Crippen molar-refractivity contribution in [3.8, 4) is 0 Å². The normalized spacial score (nSPS) is 23.4. The second-order valence-corrected chi connectivity index (χ2v) is 4.51. The molecule has 0 bridgehead atoms. The van der Waals surface area contributed by atoms with Crippen molar-refractivity contribution in [2.75, 3.05) is 10.6 Å². The molecule has 1 aliphatic rings. The van der Waals surface area contributed by atoms with Gasteiger partial charge in [0.15, 0.2) is 0 Å². The zero-order valence-electron chi connectivity index (χ0n) is 10.2. The number of carboxylic acids is 1. The number of rotatable bonds is 3. The maximum Gasteiger partial charge on any atom is 0.330 e. The highest BCUT2D eigenvalue weighted by Crippen LogP contribution is 2.38. The Morgan fingerprint density at radius 2 is 2.28 bits per heavy atom. The van der Waals surface area contributed by atoms with Crippen LogP contribution in [0, 0.1) is 0 Å². The molecule has 1 aromatic rings. The molecule has 2 rings (SSSR count). The second-order valence-electron chi connectivity index (χ2n) is 4.51. The third kappa shape index (κ3) is 1.72. The van der Waals surface area contributed by atoms with Gasteiger partial charge in [-0.1, -0.05) is 13.0 Å². The molecule has 0 aromatic heterocycles. The van der Waals surface area contributed by atoms with Crippen LogP contribution in [0.3, 0.4) is 0 Å². The van der Waals surface area contributed by atoms with Gasteiger partial charge in [-0.15, -0.1) is 0 Å². The third-order valence-electron chi connectivity index (χ3n) is 3.54. The molecule has 1 saturated heterocycles. The van der Waals surface area contributed by atoms with Gasteiger partial charge in [-0.25, -0.2) is 4.79 Å². The highest BCUT2D eigenvalue weighted by atomic mass is 16.4. The molecule has 0 saturated carbocycles. The summed E-state index contributed by atoms with van der Waals surface area (Å²) in [4.78, 5) is 24.9. The number of nitrogens with two attached hydrogens (primary N) is 1. The molecular weight excluding hydrogens is 232 g/mol. The van der Waals surface area contributed by atoms with E-state index < -0.39 is 11.5 Å². The first-order chi connectivity index (χ1) is 8.51. The van der Waals surface area contributed by atoms with E-state index in [1.807, 2.05) is 0 Å². The smallest absolute Gasteiger partial charge is 0.330 e. The topological polar surface area (TPSA) is 83.6 Å². The van der Waals surface area contributed by atoms with Crippen molar-refractivity contribution < 1.29 is 14.7 Å². The van der Waals surface area contributed by atoms with Crippen LogP contribution in [0.25, 0.3) is 0 Å². The van der Waals surface area contributed by atoms with E-state index in [4.69, 9.17) is 5.73 Å². The van der Waals surface area contributed by atoms with E-state index in [1.165, 1.54) is 4.90 Å². The standard InChI is InChI=1S/C13H16N2O3/c1-2-13(12(17)18)7-6-11(16)15(13)10-5-3-4-9(14)8-10/h3-5,8H,2,6-7,14H2,1H3,(H,17,18)/t13-/m0/s1. The number of nitrogens with zero attached hydrogens (tertiary/aromatic N) is 1. The molecule has 1 aromatic carbocycles. The van der Waals surface area contributed by atoms with Gasteiger partial charge in [0.05, 0.1) is 0 Å². The molecular formula is C13H16N2O3. The summed E-state index contributed by atoms with van der Waals surface area (Å²) in [5.41, 5.74) is 5.63. The molecule has 1 heterocycles. The number of carbonyl (C=O) groups is 2. The summed E-state index contributed by atoms with van der Waals surface area (Å²) in [7, 11) is 0. The maximum absolute atomic E-state index is 12.0. The Morgan fingerprint density at radius 3 is 2.83 bits per heavy atom. The zero-order valence-corrected chi connectivity index (χ0v) is 10.2. The molecule has 1 amide bonds. The predicted octanol–water partition coefficient (Wildman–Crippen LogP) is 1.63. The molecule has 1 aliphatic heterocycles. The predicted molar refractivity (Wildman–Crippen MR) is 68.2 cm³/mol. The lowest BCUT2D eigenvalue weighted by molar-refractivity contribution is -0.143. The van der Waals surface area contributed by atoms with Gasteiger partial charge >= 0.3 is 5.97 Å². The fraction of sp³-hybridized carbons (Fsp3) is 0.385. The van der Waals surface area contributed by atoms with E-state index in [1.54, 1.807) is 31.2 Å². The first-order valence-electron chi connectivity index (χ1n) is 5.93. The van der Waals surface area contributed by atoms with Crippen LogP contribution in [0.1, 0.15) is 26.2 Å². The van der Waals surface area contributed by atoms with Crippen molar-refractivity contribution in [1.29, 1.82) is 0 Å². The Hall–Kier alpha value is -2.04. The highest BCUT2D eigenvalue weighted by molar-refractivity contribution is 6.05. The third-order valence-corrected chi connectivity index (χ3v) is 3.54. The van der Waals surface area contributed by atoms with Gasteiger partial charge in [0.25, 0.3) is 0 Å². The number of hydrogen-bond acceptors (Lipinski definition) is 3. The molecule has 3 N–H and O–H groups in total. The molecule has 5 nitrogen and oxygen atoms in total. The van der Waals surface area contributed by atoms with Crippen LogP contribution in [0.15, 0.2) is 24.3 Å². The Morgan fingerprint density at radius 1 is 1.56 bits per heavy atom. The summed E-state index contributed by atoms with van der Waals surface area (Å²) < 4.78 is 0. The minimum Gasteiger partial charge on any atom is -0.479 e.